The van der Waals surface area contributed by atoms with Gasteiger partial charge in [-0.15, -0.1) is 0 Å². The Morgan fingerprint density at radius 3 is 2.23 bits per heavy atom. The van der Waals surface area contributed by atoms with Crippen LogP contribution in [0.5, 0.6) is 17.2 Å². The van der Waals surface area contributed by atoms with Crippen LogP contribution < -0.4 is 14.9 Å². The van der Waals surface area contributed by atoms with E-state index in [0.717, 1.165) is 15.6 Å². The number of hydrogen-bond acceptors (Lipinski definition) is 4. The van der Waals surface area contributed by atoms with Gasteiger partial charge < -0.3 is 13.9 Å². The molecule has 0 aliphatic heterocycles. The first-order chi connectivity index (χ1) is 16.4. The van der Waals surface area contributed by atoms with E-state index in [1.54, 1.807) is 12.1 Å². The Labute approximate surface area is 208 Å². The summed E-state index contributed by atoms with van der Waals surface area (Å²) < 4.78 is 58.7. The number of rotatable bonds is 5. The highest BCUT2D eigenvalue weighted by molar-refractivity contribution is 9.10. The van der Waals surface area contributed by atoms with Crippen molar-refractivity contribution in [3.8, 4) is 17.2 Å². The third-order valence-electron chi connectivity index (χ3n) is 5.31. The fourth-order valence-electron chi connectivity index (χ4n) is 3.46. The van der Waals surface area contributed by atoms with Crippen molar-refractivity contribution >= 4 is 26.9 Å². The molecule has 4 nitrogen and oxygen atoms in total. The molecule has 0 spiro atoms. The van der Waals surface area contributed by atoms with Gasteiger partial charge in [0.2, 0.25) is 11.2 Å². The van der Waals surface area contributed by atoms with E-state index < -0.39 is 23.1 Å². The fraction of sp³-hybridized carbons (Fsp3) is 0.222. The van der Waals surface area contributed by atoms with Crippen molar-refractivity contribution in [1.82, 2.24) is 0 Å². The minimum atomic E-state index is -4.94. The average molecular weight is 547 g/mol. The van der Waals surface area contributed by atoms with Crippen LogP contribution in [0.3, 0.4) is 0 Å². The van der Waals surface area contributed by atoms with Gasteiger partial charge in [0.25, 0.3) is 5.76 Å². The maximum Gasteiger partial charge on any atom is 0.453 e. The van der Waals surface area contributed by atoms with Crippen LogP contribution in [0.4, 0.5) is 13.2 Å². The van der Waals surface area contributed by atoms with E-state index in [0.29, 0.717) is 0 Å². The normalized spacial score (nSPS) is 12.1. The summed E-state index contributed by atoms with van der Waals surface area (Å²) >= 11 is 3.37. The molecule has 0 radical (unpaired) electrons. The summed E-state index contributed by atoms with van der Waals surface area (Å²) in [4.78, 5) is 13.0. The van der Waals surface area contributed by atoms with Gasteiger partial charge in [0.15, 0.2) is 0 Å². The predicted octanol–water partition coefficient (Wildman–Crippen LogP) is 8.24. The van der Waals surface area contributed by atoms with E-state index in [2.05, 4.69) is 15.9 Å². The largest absolute Gasteiger partial charge is 0.489 e. The molecule has 0 bridgehead atoms. The van der Waals surface area contributed by atoms with Crippen molar-refractivity contribution < 1.29 is 27.1 Å². The summed E-state index contributed by atoms with van der Waals surface area (Å²) in [6, 6.07) is 18.1. The van der Waals surface area contributed by atoms with Crippen LogP contribution in [0.1, 0.15) is 37.7 Å². The van der Waals surface area contributed by atoms with Gasteiger partial charge in [-0.05, 0) is 52.9 Å². The molecule has 182 valence electrons. The van der Waals surface area contributed by atoms with E-state index in [9.17, 15) is 18.0 Å². The van der Waals surface area contributed by atoms with E-state index in [1.165, 1.54) is 30.3 Å². The average Bonchev–Trinajstić information content (AvgIpc) is 2.78. The van der Waals surface area contributed by atoms with E-state index in [1.807, 2.05) is 45.0 Å². The highest BCUT2D eigenvalue weighted by Crippen LogP contribution is 2.39. The molecule has 1 heterocycles. The molecule has 0 fully saturated rings. The standard InChI is InChI=1S/C27H22BrF3O4/c1-26(2,3)17-7-9-19(10-8-17)34-24-23(32)21-12-11-20(14-22(21)35-25(24)27(29,30)31)33-15-16-5-4-6-18(28)13-16/h4-14H,15H2,1-3H3. The lowest BCUT2D eigenvalue weighted by atomic mass is 9.87. The number of ether oxygens (including phenoxy) is 2. The minimum Gasteiger partial charge on any atom is -0.489 e. The molecule has 4 aromatic rings. The highest BCUT2D eigenvalue weighted by Gasteiger charge is 2.40. The Bertz CT molecular complexity index is 1420. The van der Waals surface area contributed by atoms with Gasteiger partial charge in [-0.2, -0.15) is 13.2 Å². The molecule has 0 N–H and O–H groups in total. The van der Waals surface area contributed by atoms with Crippen LogP contribution in [0.25, 0.3) is 11.0 Å². The summed E-state index contributed by atoms with van der Waals surface area (Å²) in [7, 11) is 0. The van der Waals surface area contributed by atoms with Gasteiger partial charge in [0.1, 0.15) is 23.7 Å². The molecule has 8 heteroatoms. The summed E-state index contributed by atoms with van der Waals surface area (Å²) in [6.07, 6.45) is -4.94. The molecule has 1 aromatic heterocycles. The van der Waals surface area contributed by atoms with Crippen molar-refractivity contribution in [2.75, 3.05) is 0 Å². The molecule has 35 heavy (non-hydrogen) atoms. The zero-order valence-electron chi connectivity index (χ0n) is 19.2. The maximum absolute atomic E-state index is 13.8. The van der Waals surface area contributed by atoms with E-state index in [4.69, 9.17) is 13.9 Å². The zero-order chi connectivity index (χ0) is 25.4. The molecule has 0 amide bonds. The molecule has 0 saturated carbocycles. The third-order valence-corrected chi connectivity index (χ3v) is 5.81. The van der Waals surface area contributed by atoms with Crippen molar-refractivity contribution in [1.29, 1.82) is 0 Å². The molecular weight excluding hydrogens is 525 g/mol. The maximum atomic E-state index is 13.8. The molecular formula is C27H22BrF3O4. The summed E-state index contributed by atoms with van der Waals surface area (Å²) in [5.41, 5.74) is 0.524. The lowest BCUT2D eigenvalue weighted by Crippen LogP contribution is -2.15. The van der Waals surface area contributed by atoms with Crippen LogP contribution in [-0.4, -0.2) is 0 Å². The Kier molecular flexibility index (Phi) is 6.68. The first-order valence-corrected chi connectivity index (χ1v) is 11.5. The second-order valence-electron chi connectivity index (χ2n) is 9.04. The van der Waals surface area contributed by atoms with Gasteiger partial charge in [-0.25, -0.2) is 0 Å². The first-order valence-electron chi connectivity index (χ1n) is 10.8. The quantitative estimate of drug-likeness (QED) is 0.253. The Balaban J connectivity index is 1.69. The summed E-state index contributed by atoms with van der Waals surface area (Å²) in [5.74, 6) is -2.04. The van der Waals surface area contributed by atoms with Crippen molar-refractivity contribution in [2.24, 2.45) is 0 Å². The van der Waals surface area contributed by atoms with E-state index in [-0.39, 0.29) is 34.5 Å². The van der Waals surface area contributed by atoms with Crippen molar-refractivity contribution in [2.45, 2.75) is 39.0 Å². The third kappa shape index (κ3) is 5.70. The van der Waals surface area contributed by atoms with E-state index >= 15 is 0 Å². The Morgan fingerprint density at radius 1 is 0.914 bits per heavy atom. The molecule has 3 aromatic carbocycles. The lowest BCUT2D eigenvalue weighted by molar-refractivity contribution is -0.154. The van der Waals surface area contributed by atoms with Crippen LogP contribution in [0.15, 0.2) is 80.4 Å². The monoisotopic (exact) mass is 546 g/mol. The summed E-state index contributed by atoms with van der Waals surface area (Å²) in [6.45, 7) is 6.23. The molecule has 0 unspecified atom stereocenters. The fourth-order valence-corrected chi connectivity index (χ4v) is 3.91. The zero-order valence-corrected chi connectivity index (χ0v) is 20.8. The van der Waals surface area contributed by atoms with Gasteiger partial charge in [0, 0.05) is 10.5 Å². The van der Waals surface area contributed by atoms with Crippen molar-refractivity contribution in [3.63, 3.8) is 0 Å². The second kappa shape index (κ2) is 9.41. The number of benzene rings is 3. The Morgan fingerprint density at radius 2 is 1.60 bits per heavy atom. The molecule has 0 aliphatic rings. The Hall–Kier alpha value is -3.26. The molecule has 0 atom stereocenters. The van der Waals surface area contributed by atoms with Gasteiger partial charge >= 0.3 is 6.18 Å². The van der Waals surface area contributed by atoms with Crippen molar-refractivity contribution in [3.05, 3.63) is 98.3 Å². The number of hydrogen-bond donors (Lipinski definition) is 0. The topological polar surface area (TPSA) is 48.7 Å². The summed E-state index contributed by atoms with van der Waals surface area (Å²) in [5, 5.41) is -0.0471. The van der Waals surface area contributed by atoms with Gasteiger partial charge in [0.05, 0.1) is 5.39 Å². The molecule has 4 rings (SSSR count). The van der Waals surface area contributed by atoms with Crippen LogP contribution in [-0.2, 0) is 18.2 Å². The predicted molar refractivity (Wildman–Crippen MR) is 131 cm³/mol. The molecule has 0 aliphatic carbocycles. The van der Waals surface area contributed by atoms with Gasteiger partial charge in [-0.1, -0.05) is 61.0 Å². The van der Waals surface area contributed by atoms with Crippen LogP contribution >= 0.6 is 15.9 Å². The first kappa shape index (κ1) is 24.9. The van der Waals surface area contributed by atoms with Gasteiger partial charge in [-0.3, -0.25) is 4.79 Å². The number of halogens is 4. The lowest BCUT2D eigenvalue weighted by Gasteiger charge is -2.19. The smallest absolute Gasteiger partial charge is 0.453 e. The number of fused-ring (bicyclic) bond motifs is 1. The number of alkyl halides is 3. The van der Waals surface area contributed by atoms with Crippen LogP contribution in [0, 0.1) is 0 Å². The molecule has 0 saturated heterocycles. The minimum absolute atomic E-state index is 0.0471. The second-order valence-corrected chi connectivity index (χ2v) is 9.96. The highest BCUT2D eigenvalue weighted by atomic mass is 79.9. The SMILES string of the molecule is CC(C)(C)c1ccc(Oc2c(C(F)(F)F)oc3cc(OCc4cccc(Br)c4)ccc3c2=O)cc1. The van der Waals surface area contributed by atoms with Crippen LogP contribution in [0.2, 0.25) is 0 Å².